The third kappa shape index (κ3) is 5.72. The molecule has 0 aromatic heterocycles. The summed E-state index contributed by atoms with van der Waals surface area (Å²) < 4.78 is 0. The summed E-state index contributed by atoms with van der Waals surface area (Å²) in [7, 11) is 0. The number of imide groups is 1. The Hall–Kier alpha value is -1.49. The largest absolute Gasteiger partial charge is 0.335 e. The van der Waals surface area contributed by atoms with E-state index in [0.717, 1.165) is 31.4 Å². The van der Waals surface area contributed by atoms with Crippen LogP contribution in [0.5, 0.6) is 0 Å². The second-order valence-electron chi connectivity index (χ2n) is 5.74. The minimum Gasteiger partial charge on any atom is -0.335 e. The van der Waals surface area contributed by atoms with E-state index >= 15 is 0 Å². The third-order valence-corrected chi connectivity index (χ3v) is 5.10. The van der Waals surface area contributed by atoms with Gasteiger partial charge in [-0.3, -0.25) is 10.1 Å². The van der Waals surface area contributed by atoms with Crippen LogP contribution in [0.25, 0.3) is 0 Å². The van der Waals surface area contributed by atoms with Gasteiger partial charge in [-0.1, -0.05) is 49.6 Å². The molecule has 0 radical (unpaired) electrons. The fraction of sp³-hybridized carbons (Fsp3) is 0.529. The van der Waals surface area contributed by atoms with Crippen molar-refractivity contribution in [1.82, 2.24) is 10.6 Å². The van der Waals surface area contributed by atoms with Crippen molar-refractivity contribution in [3.8, 4) is 0 Å². The third-order valence-electron chi connectivity index (χ3n) is 3.89. The molecule has 2 rings (SSSR count). The molecule has 0 spiro atoms. The standard InChI is InChI=1S/C17H24N2O2S/c1-13(22-12-14-8-4-2-5-9-14)16(20)19-17(21)18-15-10-6-3-7-11-15/h2,4-5,8-9,13,15H,3,6-7,10-12H2,1H3,(H2,18,19,20,21)/t13-/m1/s1. The van der Waals surface area contributed by atoms with Crippen molar-refractivity contribution in [1.29, 1.82) is 0 Å². The van der Waals surface area contributed by atoms with Gasteiger partial charge in [0.2, 0.25) is 5.91 Å². The minimum absolute atomic E-state index is 0.217. The molecular weight excluding hydrogens is 296 g/mol. The molecule has 3 amide bonds. The number of hydrogen-bond acceptors (Lipinski definition) is 3. The van der Waals surface area contributed by atoms with E-state index in [1.54, 1.807) is 0 Å². The number of thioether (sulfide) groups is 1. The van der Waals surface area contributed by atoms with Gasteiger partial charge in [0.15, 0.2) is 0 Å². The van der Waals surface area contributed by atoms with Crippen LogP contribution >= 0.6 is 11.8 Å². The first-order valence-corrected chi connectivity index (χ1v) is 8.97. The second kappa shape index (κ2) is 8.83. The lowest BCUT2D eigenvalue weighted by molar-refractivity contribution is -0.119. The summed E-state index contributed by atoms with van der Waals surface area (Å²) in [6.07, 6.45) is 5.58. The summed E-state index contributed by atoms with van der Waals surface area (Å²) in [5.41, 5.74) is 1.18. The molecule has 1 aliphatic carbocycles. The number of urea groups is 1. The summed E-state index contributed by atoms with van der Waals surface area (Å²) >= 11 is 1.53. The van der Waals surface area contributed by atoms with Gasteiger partial charge in [-0.25, -0.2) is 4.79 Å². The van der Waals surface area contributed by atoms with E-state index in [1.165, 1.54) is 23.7 Å². The summed E-state index contributed by atoms with van der Waals surface area (Å²) in [6, 6.07) is 9.87. The number of benzene rings is 1. The van der Waals surface area contributed by atoms with Gasteiger partial charge < -0.3 is 5.32 Å². The van der Waals surface area contributed by atoms with Crippen LogP contribution in [-0.4, -0.2) is 23.2 Å². The normalized spacial score (nSPS) is 16.8. The SMILES string of the molecule is C[C@@H](SCc1ccccc1)C(=O)NC(=O)NC1CCCCC1. The van der Waals surface area contributed by atoms with Gasteiger partial charge in [0.25, 0.3) is 0 Å². The van der Waals surface area contributed by atoms with Crippen molar-refractivity contribution in [2.75, 3.05) is 0 Å². The molecule has 0 heterocycles. The van der Waals surface area contributed by atoms with Crippen molar-refractivity contribution in [2.45, 2.75) is 56.1 Å². The number of nitrogens with one attached hydrogen (secondary N) is 2. The highest BCUT2D eigenvalue weighted by atomic mass is 32.2. The first-order valence-electron chi connectivity index (χ1n) is 7.92. The van der Waals surface area contributed by atoms with E-state index < -0.39 is 0 Å². The van der Waals surface area contributed by atoms with E-state index in [9.17, 15) is 9.59 Å². The van der Waals surface area contributed by atoms with Crippen molar-refractivity contribution in [3.05, 3.63) is 35.9 Å². The van der Waals surface area contributed by atoms with Crippen LogP contribution in [0.15, 0.2) is 30.3 Å². The maximum Gasteiger partial charge on any atom is 0.321 e. The Morgan fingerprint density at radius 3 is 2.55 bits per heavy atom. The Balaban J connectivity index is 1.69. The lowest BCUT2D eigenvalue weighted by atomic mass is 9.96. The molecule has 0 saturated heterocycles. The van der Waals surface area contributed by atoms with Crippen LogP contribution in [0.4, 0.5) is 4.79 Å². The van der Waals surface area contributed by atoms with Crippen LogP contribution < -0.4 is 10.6 Å². The lowest BCUT2D eigenvalue weighted by Gasteiger charge is -2.23. The Bertz CT molecular complexity index is 487. The van der Waals surface area contributed by atoms with E-state index in [1.807, 2.05) is 37.3 Å². The molecule has 2 N–H and O–H groups in total. The fourth-order valence-corrected chi connectivity index (χ4v) is 3.40. The Morgan fingerprint density at radius 2 is 1.86 bits per heavy atom. The topological polar surface area (TPSA) is 58.2 Å². The highest BCUT2D eigenvalue weighted by Crippen LogP contribution is 2.18. The number of hydrogen-bond donors (Lipinski definition) is 2. The van der Waals surface area contributed by atoms with Crippen molar-refractivity contribution in [2.24, 2.45) is 0 Å². The summed E-state index contributed by atoms with van der Waals surface area (Å²) in [5, 5.41) is 5.10. The smallest absolute Gasteiger partial charge is 0.321 e. The molecule has 120 valence electrons. The highest BCUT2D eigenvalue weighted by Gasteiger charge is 2.19. The van der Waals surface area contributed by atoms with Crippen molar-refractivity contribution >= 4 is 23.7 Å². The Kier molecular flexibility index (Phi) is 6.77. The monoisotopic (exact) mass is 320 g/mol. The van der Waals surface area contributed by atoms with Crippen molar-refractivity contribution in [3.63, 3.8) is 0 Å². The summed E-state index contributed by atoms with van der Waals surface area (Å²) in [6.45, 7) is 1.83. The molecule has 1 aromatic rings. The van der Waals surface area contributed by atoms with Crippen LogP contribution in [0.2, 0.25) is 0 Å². The van der Waals surface area contributed by atoms with Crippen molar-refractivity contribution < 1.29 is 9.59 Å². The fourth-order valence-electron chi connectivity index (χ4n) is 2.55. The molecular formula is C17H24N2O2S. The van der Waals surface area contributed by atoms with Gasteiger partial charge in [-0.05, 0) is 25.3 Å². The average molecular weight is 320 g/mol. The number of carbonyl (C=O) groups is 2. The van der Waals surface area contributed by atoms with Crippen LogP contribution in [0.1, 0.15) is 44.6 Å². The van der Waals surface area contributed by atoms with E-state index in [0.29, 0.717) is 0 Å². The number of carbonyl (C=O) groups excluding carboxylic acids is 2. The number of amides is 3. The van der Waals surface area contributed by atoms with Gasteiger partial charge >= 0.3 is 6.03 Å². The molecule has 0 bridgehead atoms. The molecule has 0 unspecified atom stereocenters. The first-order chi connectivity index (χ1) is 10.6. The Labute approximate surface area is 136 Å². The molecule has 22 heavy (non-hydrogen) atoms. The minimum atomic E-state index is -0.357. The zero-order chi connectivity index (χ0) is 15.8. The van der Waals surface area contributed by atoms with Crippen LogP contribution in [0.3, 0.4) is 0 Å². The summed E-state index contributed by atoms with van der Waals surface area (Å²) in [4.78, 5) is 23.9. The van der Waals surface area contributed by atoms with Gasteiger partial charge in [0.1, 0.15) is 0 Å². The van der Waals surface area contributed by atoms with E-state index in [2.05, 4.69) is 10.6 Å². The zero-order valence-electron chi connectivity index (χ0n) is 13.0. The molecule has 1 aliphatic rings. The molecule has 1 atom stereocenters. The maximum absolute atomic E-state index is 12.0. The predicted octanol–water partition coefficient (Wildman–Crippen LogP) is 3.47. The first kappa shape index (κ1) is 16.9. The van der Waals surface area contributed by atoms with E-state index in [4.69, 9.17) is 0 Å². The van der Waals surface area contributed by atoms with Gasteiger partial charge in [0, 0.05) is 11.8 Å². The quantitative estimate of drug-likeness (QED) is 0.873. The molecule has 4 nitrogen and oxygen atoms in total. The van der Waals surface area contributed by atoms with Crippen LogP contribution in [0, 0.1) is 0 Å². The van der Waals surface area contributed by atoms with Gasteiger partial charge in [-0.2, -0.15) is 0 Å². The summed E-state index contributed by atoms with van der Waals surface area (Å²) in [5.74, 6) is 0.536. The highest BCUT2D eigenvalue weighted by molar-refractivity contribution is 7.99. The zero-order valence-corrected chi connectivity index (χ0v) is 13.8. The molecule has 5 heteroatoms. The number of rotatable bonds is 5. The van der Waals surface area contributed by atoms with Crippen LogP contribution in [-0.2, 0) is 10.5 Å². The average Bonchev–Trinajstić information content (AvgIpc) is 2.54. The molecule has 1 saturated carbocycles. The maximum atomic E-state index is 12.0. The van der Waals surface area contributed by atoms with Gasteiger partial charge in [-0.15, -0.1) is 11.8 Å². The molecule has 0 aliphatic heterocycles. The van der Waals surface area contributed by atoms with E-state index in [-0.39, 0.29) is 23.2 Å². The molecule has 1 aromatic carbocycles. The second-order valence-corrected chi connectivity index (χ2v) is 7.07. The predicted molar refractivity (Wildman–Crippen MR) is 90.7 cm³/mol. The lowest BCUT2D eigenvalue weighted by Crippen LogP contribution is -2.47. The van der Waals surface area contributed by atoms with Gasteiger partial charge in [0.05, 0.1) is 5.25 Å². The Morgan fingerprint density at radius 1 is 1.18 bits per heavy atom. The molecule has 1 fully saturated rings.